The lowest BCUT2D eigenvalue weighted by Crippen LogP contribution is -2.54. The molecule has 1 amide bonds. The van der Waals surface area contributed by atoms with E-state index in [-0.39, 0.29) is 25.6 Å². The summed E-state index contributed by atoms with van der Waals surface area (Å²) >= 11 is 0. The Kier molecular flexibility index (Phi) is 5.28. The highest BCUT2D eigenvalue weighted by Gasteiger charge is 2.50. The van der Waals surface area contributed by atoms with Crippen molar-refractivity contribution in [2.24, 2.45) is 0 Å². The Labute approximate surface area is 170 Å². The maximum atomic E-state index is 12.9. The van der Waals surface area contributed by atoms with Gasteiger partial charge in [0.1, 0.15) is 12.1 Å². The van der Waals surface area contributed by atoms with Crippen molar-refractivity contribution >= 4 is 12.1 Å². The van der Waals surface area contributed by atoms with E-state index >= 15 is 0 Å². The maximum absolute atomic E-state index is 12.9. The Morgan fingerprint density at radius 3 is 2.31 bits per heavy atom. The van der Waals surface area contributed by atoms with Gasteiger partial charge in [-0.25, -0.2) is 9.59 Å². The van der Waals surface area contributed by atoms with Crippen LogP contribution in [0.4, 0.5) is 4.79 Å². The number of benzene rings is 2. The molecule has 1 heterocycles. The minimum Gasteiger partial charge on any atom is -0.479 e. The van der Waals surface area contributed by atoms with Gasteiger partial charge in [0.05, 0.1) is 0 Å². The van der Waals surface area contributed by atoms with Crippen molar-refractivity contribution in [3.8, 4) is 11.1 Å². The highest BCUT2D eigenvalue weighted by Crippen LogP contribution is 2.44. The molecule has 0 bridgehead atoms. The van der Waals surface area contributed by atoms with E-state index in [0.717, 1.165) is 22.3 Å². The van der Waals surface area contributed by atoms with E-state index in [0.29, 0.717) is 19.4 Å². The number of ether oxygens (including phenoxy) is 2. The Morgan fingerprint density at radius 1 is 1.10 bits per heavy atom. The van der Waals surface area contributed by atoms with Crippen molar-refractivity contribution < 1.29 is 24.2 Å². The number of aliphatic carboxylic acids is 1. The van der Waals surface area contributed by atoms with E-state index in [2.05, 4.69) is 24.3 Å². The number of likely N-dealkylation sites (tertiary alicyclic amines) is 1. The summed E-state index contributed by atoms with van der Waals surface area (Å²) in [7, 11) is 1.53. The molecule has 29 heavy (non-hydrogen) atoms. The predicted octanol–water partition coefficient (Wildman–Crippen LogP) is 3.89. The third-order valence-corrected chi connectivity index (χ3v) is 6.16. The summed E-state index contributed by atoms with van der Waals surface area (Å²) in [5.74, 6) is -1.05. The van der Waals surface area contributed by atoms with Gasteiger partial charge in [-0.15, -0.1) is 0 Å². The Hall–Kier alpha value is -2.86. The van der Waals surface area contributed by atoms with Crippen LogP contribution in [0.1, 0.15) is 36.3 Å². The van der Waals surface area contributed by atoms with E-state index in [1.54, 1.807) is 0 Å². The number of rotatable bonds is 6. The van der Waals surface area contributed by atoms with Gasteiger partial charge in [0.25, 0.3) is 0 Å². The second kappa shape index (κ2) is 7.87. The second-order valence-corrected chi connectivity index (χ2v) is 7.64. The quantitative estimate of drug-likeness (QED) is 0.803. The molecule has 0 radical (unpaired) electrons. The first-order valence-corrected chi connectivity index (χ1v) is 9.93. The van der Waals surface area contributed by atoms with Crippen molar-refractivity contribution in [3.63, 3.8) is 0 Å². The first kappa shape index (κ1) is 19.5. The van der Waals surface area contributed by atoms with Gasteiger partial charge in [0.15, 0.2) is 0 Å². The van der Waals surface area contributed by atoms with Crippen LogP contribution in [-0.4, -0.2) is 54.5 Å². The van der Waals surface area contributed by atoms with Crippen molar-refractivity contribution in [1.29, 1.82) is 0 Å². The van der Waals surface area contributed by atoms with Gasteiger partial charge >= 0.3 is 12.1 Å². The molecule has 1 atom stereocenters. The fraction of sp³-hybridized carbons (Fsp3) is 0.391. The van der Waals surface area contributed by atoms with Gasteiger partial charge in [0, 0.05) is 32.6 Å². The number of hydrogen-bond donors (Lipinski definition) is 1. The molecule has 0 unspecified atom stereocenters. The molecule has 1 fully saturated rings. The zero-order valence-electron chi connectivity index (χ0n) is 16.5. The number of amides is 1. The number of carbonyl (C=O) groups is 2. The number of carbonyl (C=O) groups excluding carboxylic acids is 1. The smallest absolute Gasteiger partial charge is 0.410 e. The van der Waals surface area contributed by atoms with Gasteiger partial charge in [-0.3, -0.25) is 4.90 Å². The van der Waals surface area contributed by atoms with Crippen LogP contribution in [0.2, 0.25) is 0 Å². The van der Waals surface area contributed by atoms with Crippen LogP contribution in [-0.2, 0) is 14.3 Å². The SMILES string of the molecule is COCC[C@]1(C(=O)O)CCCN1C(=O)OCC1c2ccccc2-c2ccccc21. The number of carboxylic acid groups (broad SMARTS) is 1. The first-order valence-electron chi connectivity index (χ1n) is 9.93. The molecule has 152 valence electrons. The fourth-order valence-electron chi connectivity index (χ4n) is 4.68. The summed E-state index contributed by atoms with van der Waals surface area (Å²) in [6, 6.07) is 16.3. The number of fused-ring (bicyclic) bond motifs is 3. The third-order valence-electron chi connectivity index (χ3n) is 6.16. The van der Waals surface area contributed by atoms with Crippen LogP contribution in [0, 0.1) is 0 Å². The zero-order valence-corrected chi connectivity index (χ0v) is 16.5. The Morgan fingerprint density at radius 2 is 1.72 bits per heavy atom. The van der Waals surface area contributed by atoms with Gasteiger partial charge < -0.3 is 14.6 Å². The van der Waals surface area contributed by atoms with E-state index < -0.39 is 17.6 Å². The van der Waals surface area contributed by atoms with Crippen LogP contribution in [0.15, 0.2) is 48.5 Å². The molecule has 2 aromatic rings. The molecule has 2 aliphatic rings. The van der Waals surface area contributed by atoms with Crippen molar-refractivity contribution in [2.45, 2.75) is 30.7 Å². The van der Waals surface area contributed by atoms with Crippen LogP contribution in [0.5, 0.6) is 0 Å². The van der Waals surface area contributed by atoms with E-state index in [9.17, 15) is 14.7 Å². The van der Waals surface area contributed by atoms with Crippen LogP contribution in [0.25, 0.3) is 11.1 Å². The number of methoxy groups -OCH3 is 1. The molecule has 6 nitrogen and oxygen atoms in total. The normalized spacial score (nSPS) is 20.4. The largest absolute Gasteiger partial charge is 0.479 e. The minimum atomic E-state index is -1.25. The van der Waals surface area contributed by atoms with Crippen molar-refractivity contribution in [1.82, 2.24) is 4.90 Å². The average molecular weight is 395 g/mol. The molecule has 6 heteroatoms. The highest BCUT2D eigenvalue weighted by atomic mass is 16.6. The molecule has 1 N–H and O–H groups in total. The van der Waals surface area contributed by atoms with Crippen molar-refractivity contribution in [2.75, 3.05) is 26.9 Å². The van der Waals surface area contributed by atoms with Crippen LogP contribution in [0.3, 0.4) is 0 Å². The summed E-state index contributed by atoms with van der Waals surface area (Å²) in [5.41, 5.74) is 3.33. The minimum absolute atomic E-state index is 0.0489. The lowest BCUT2D eigenvalue weighted by atomic mass is 9.92. The summed E-state index contributed by atoms with van der Waals surface area (Å²) in [6.07, 6.45) is 0.738. The van der Waals surface area contributed by atoms with E-state index in [1.807, 2.05) is 24.3 Å². The lowest BCUT2D eigenvalue weighted by molar-refractivity contribution is -0.150. The molecular weight excluding hydrogens is 370 g/mol. The van der Waals surface area contributed by atoms with E-state index in [1.165, 1.54) is 12.0 Å². The van der Waals surface area contributed by atoms with Gasteiger partial charge in [-0.1, -0.05) is 48.5 Å². The van der Waals surface area contributed by atoms with Gasteiger partial charge in [-0.05, 0) is 35.1 Å². The molecule has 0 aromatic heterocycles. The molecule has 4 rings (SSSR count). The summed E-state index contributed by atoms with van der Waals surface area (Å²) in [6.45, 7) is 0.843. The van der Waals surface area contributed by atoms with Crippen LogP contribution >= 0.6 is 0 Å². The molecule has 2 aromatic carbocycles. The zero-order chi connectivity index (χ0) is 20.4. The van der Waals surface area contributed by atoms with Crippen molar-refractivity contribution in [3.05, 3.63) is 59.7 Å². The first-order chi connectivity index (χ1) is 14.1. The second-order valence-electron chi connectivity index (χ2n) is 7.64. The molecule has 1 aliphatic carbocycles. The predicted molar refractivity (Wildman–Crippen MR) is 108 cm³/mol. The Bertz CT molecular complexity index is 881. The van der Waals surface area contributed by atoms with E-state index in [4.69, 9.17) is 9.47 Å². The molecule has 0 spiro atoms. The number of carboxylic acids is 1. The monoisotopic (exact) mass is 395 g/mol. The third kappa shape index (κ3) is 3.27. The molecule has 0 saturated carbocycles. The standard InChI is InChI=1S/C23H25NO5/c1-28-14-12-23(21(25)26)11-6-13-24(23)22(27)29-15-20-18-9-4-2-7-16(18)17-8-3-5-10-19(17)20/h2-5,7-10,20H,6,11-15H2,1H3,(H,25,26)/t23-/m0/s1. The van der Waals surface area contributed by atoms with Gasteiger partial charge in [0.2, 0.25) is 0 Å². The fourth-order valence-corrected chi connectivity index (χ4v) is 4.68. The molecule has 1 saturated heterocycles. The number of nitrogens with zero attached hydrogens (tertiary/aromatic N) is 1. The Balaban J connectivity index is 1.53. The summed E-state index contributed by atoms with van der Waals surface area (Å²) < 4.78 is 10.8. The average Bonchev–Trinajstić information content (AvgIpc) is 3.31. The summed E-state index contributed by atoms with van der Waals surface area (Å²) in [4.78, 5) is 26.3. The maximum Gasteiger partial charge on any atom is 0.410 e. The molecule has 1 aliphatic heterocycles. The molecular formula is C23H25NO5. The lowest BCUT2D eigenvalue weighted by Gasteiger charge is -2.34. The highest BCUT2D eigenvalue weighted by molar-refractivity contribution is 5.85. The van der Waals surface area contributed by atoms with Gasteiger partial charge in [-0.2, -0.15) is 0 Å². The topological polar surface area (TPSA) is 76.1 Å². The van der Waals surface area contributed by atoms with Crippen LogP contribution < -0.4 is 0 Å². The number of hydrogen-bond acceptors (Lipinski definition) is 4. The summed E-state index contributed by atoms with van der Waals surface area (Å²) in [5, 5.41) is 9.84.